The van der Waals surface area contributed by atoms with E-state index in [1.807, 2.05) is 6.20 Å². The standard InChI is InChI=1S/C12H19N3O2/c1-17-12(16)11-9(3-2-4-13)10(11)5-8-6-14-7-15-8/h6-7,9-11H,2-5,13H2,1H3,(H,14,15). The van der Waals surface area contributed by atoms with Crippen molar-refractivity contribution in [3.05, 3.63) is 18.2 Å². The van der Waals surface area contributed by atoms with E-state index in [0.717, 1.165) is 25.0 Å². The minimum atomic E-state index is -0.0865. The molecule has 94 valence electrons. The zero-order chi connectivity index (χ0) is 12.3. The van der Waals surface area contributed by atoms with E-state index in [4.69, 9.17) is 10.5 Å². The van der Waals surface area contributed by atoms with Crippen LogP contribution in [0, 0.1) is 17.8 Å². The molecule has 1 aromatic heterocycles. The number of methoxy groups -OCH3 is 1. The molecule has 0 saturated heterocycles. The molecular formula is C12H19N3O2. The van der Waals surface area contributed by atoms with Gasteiger partial charge in [0.15, 0.2) is 0 Å². The van der Waals surface area contributed by atoms with Gasteiger partial charge in [0.1, 0.15) is 0 Å². The van der Waals surface area contributed by atoms with E-state index < -0.39 is 0 Å². The third-order valence-electron chi connectivity index (χ3n) is 3.56. The highest BCUT2D eigenvalue weighted by Crippen LogP contribution is 2.51. The van der Waals surface area contributed by atoms with Crippen LogP contribution >= 0.6 is 0 Å². The number of nitrogens with zero attached hydrogens (tertiary/aromatic N) is 1. The summed E-state index contributed by atoms with van der Waals surface area (Å²) in [6.07, 6.45) is 6.33. The molecule has 2 rings (SSSR count). The molecule has 0 radical (unpaired) electrons. The second-order valence-electron chi connectivity index (χ2n) is 4.59. The van der Waals surface area contributed by atoms with Crippen LogP contribution in [0.25, 0.3) is 0 Å². The number of aromatic amines is 1. The van der Waals surface area contributed by atoms with Crippen molar-refractivity contribution >= 4 is 5.97 Å². The van der Waals surface area contributed by atoms with Gasteiger partial charge in [0.2, 0.25) is 0 Å². The lowest BCUT2D eigenvalue weighted by molar-refractivity contribution is -0.142. The number of aromatic nitrogens is 2. The monoisotopic (exact) mass is 237 g/mol. The maximum absolute atomic E-state index is 11.6. The van der Waals surface area contributed by atoms with Crippen molar-refractivity contribution < 1.29 is 9.53 Å². The van der Waals surface area contributed by atoms with Crippen molar-refractivity contribution in [1.29, 1.82) is 0 Å². The predicted octanol–water partition coefficient (Wildman–Crippen LogP) is 0.726. The number of nitrogens with two attached hydrogens (primary N) is 1. The van der Waals surface area contributed by atoms with Crippen LogP contribution in [-0.2, 0) is 16.0 Å². The number of rotatable bonds is 6. The Morgan fingerprint density at radius 2 is 2.41 bits per heavy atom. The third kappa shape index (κ3) is 2.66. The number of ether oxygens (including phenoxy) is 1. The van der Waals surface area contributed by atoms with E-state index >= 15 is 0 Å². The molecular weight excluding hydrogens is 218 g/mol. The molecule has 0 spiro atoms. The van der Waals surface area contributed by atoms with Crippen LogP contribution in [0.15, 0.2) is 12.5 Å². The summed E-state index contributed by atoms with van der Waals surface area (Å²) >= 11 is 0. The second kappa shape index (κ2) is 5.31. The summed E-state index contributed by atoms with van der Waals surface area (Å²) in [6.45, 7) is 0.682. The molecule has 3 unspecified atom stereocenters. The smallest absolute Gasteiger partial charge is 0.309 e. The van der Waals surface area contributed by atoms with Gasteiger partial charge in [-0.2, -0.15) is 0 Å². The molecule has 5 nitrogen and oxygen atoms in total. The number of hydrogen-bond donors (Lipinski definition) is 2. The van der Waals surface area contributed by atoms with Crippen LogP contribution in [0.1, 0.15) is 18.5 Å². The summed E-state index contributed by atoms with van der Waals surface area (Å²) < 4.78 is 4.84. The van der Waals surface area contributed by atoms with Crippen molar-refractivity contribution in [2.45, 2.75) is 19.3 Å². The lowest BCUT2D eigenvalue weighted by Crippen LogP contribution is -2.06. The molecule has 0 aromatic carbocycles. The van der Waals surface area contributed by atoms with E-state index in [1.165, 1.54) is 7.11 Å². The highest BCUT2D eigenvalue weighted by Gasteiger charge is 2.54. The fraction of sp³-hybridized carbons (Fsp3) is 0.667. The first-order valence-corrected chi connectivity index (χ1v) is 6.03. The third-order valence-corrected chi connectivity index (χ3v) is 3.56. The first kappa shape index (κ1) is 12.1. The van der Waals surface area contributed by atoms with Crippen LogP contribution in [0.5, 0.6) is 0 Å². The minimum Gasteiger partial charge on any atom is -0.469 e. The van der Waals surface area contributed by atoms with Crippen molar-refractivity contribution in [1.82, 2.24) is 9.97 Å². The maximum Gasteiger partial charge on any atom is 0.309 e. The molecule has 17 heavy (non-hydrogen) atoms. The first-order chi connectivity index (χ1) is 8.27. The zero-order valence-corrected chi connectivity index (χ0v) is 10.1. The number of nitrogens with one attached hydrogen (secondary N) is 1. The average Bonchev–Trinajstić information content (AvgIpc) is 2.75. The van der Waals surface area contributed by atoms with Gasteiger partial charge in [-0.15, -0.1) is 0 Å². The van der Waals surface area contributed by atoms with Gasteiger partial charge >= 0.3 is 5.97 Å². The summed E-state index contributed by atoms with van der Waals surface area (Å²) in [6, 6.07) is 0. The van der Waals surface area contributed by atoms with Gasteiger partial charge in [-0.25, -0.2) is 4.98 Å². The normalized spacial score (nSPS) is 26.8. The topological polar surface area (TPSA) is 81.0 Å². The Bertz CT molecular complexity index is 364. The van der Waals surface area contributed by atoms with Crippen molar-refractivity contribution in [2.75, 3.05) is 13.7 Å². The molecule has 1 aliphatic carbocycles. The molecule has 1 heterocycles. The van der Waals surface area contributed by atoms with E-state index in [9.17, 15) is 4.79 Å². The van der Waals surface area contributed by atoms with Crippen molar-refractivity contribution in [3.63, 3.8) is 0 Å². The summed E-state index contributed by atoms with van der Waals surface area (Å²) in [5.41, 5.74) is 6.59. The summed E-state index contributed by atoms with van der Waals surface area (Å²) in [5, 5.41) is 0. The Balaban J connectivity index is 1.92. The zero-order valence-electron chi connectivity index (χ0n) is 10.1. The first-order valence-electron chi connectivity index (χ1n) is 6.03. The van der Waals surface area contributed by atoms with Crippen LogP contribution in [0.4, 0.5) is 0 Å². The Kier molecular flexibility index (Phi) is 3.78. The fourth-order valence-corrected chi connectivity index (χ4v) is 2.61. The van der Waals surface area contributed by atoms with Gasteiger partial charge in [0, 0.05) is 11.9 Å². The molecule has 3 atom stereocenters. The summed E-state index contributed by atoms with van der Waals surface area (Å²) in [4.78, 5) is 18.7. The highest BCUT2D eigenvalue weighted by molar-refractivity contribution is 5.76. The Morgan fingerprint density at radius 3 is 3.00 bits per heavy atom. The molecule has 1 aromatic rings. The van der Waals surface area contributed by atoms with Crippen LogP contribution in [0.2, 0.25) is 0 Å². The Labute approximate surface area is 101 Å². The molecule has 3 N–H and O–H groups in total. The van der Waals surface area contributed by atoms with Gasteiger partial charge < -0.3 is 15.5 Å². The number of H-pyrrole nitrogens is 1. The van der Waals surface area contributed by atoms with Gasteiger partial charge in [0.25, 0.3) is 0 Å². The summed E-state index contributed by atoms with van der Waals surface area (Å²) in [7, 11) is 1.45. The molecule has 1 fully saturated rings. The molecule has 0 aliphatic heterocycles. The average molecular weight is 237 g/mol. The molecule has 5 heteroatoms. The largest absolute Gasteiger partial charge is 0.469 e. The van der Waals surface area contributed by atoms with Gasteiger partial charge in [-0.05, 0) is 37.6 Å². The SMILES string of the molecule is COC(=O)C1C(CCCN)C1Cc1cnc[nH]1. The molecule has 1 saturated carbocycles. The van der Waals surface area contributed by atoms with Crippen LogP contribution < -0.4 is 5.73 Å². The van der Waals surface area contributed by atoms with Crippen molar-refractivity contribution in [3.8, 4) is 0 Å². The van der Waals surface area contributed by atoms with E-state index in [2.05, 4.69) is 9.97 Å². The molecule has 1 aliphatic rings. The predicted molar refractivity (Wildman–Crippen MR) is 63.1 cm³/mol. The molecule has 0 amide bonds. The fourth-order valence-electron chi connectivity index (χ4n) is 2.61. The van der Waals surface area contributed by atoms with Crippen molar-refractivity contribution in [2.24, 2.45) is 23.5 Å². The van der Waals surface area contributed by atoms with E-state index in [1.54, 1.807) is 6.33 Å². The minimum absolute atomic E-state index is 0.0508. The van der Waals surface area contributed by atoms with Gasteiger partial charge in [0.05, 0.1) is 19.4 Å². The van der Waals surface area contributed by atoms with Gasteiger partial charge in [-0.1, -0.05) is 0 Å². The Morgan fingerprint density at radius 1 is 1.59 bits per heavy atom. The van der Waals surface area contributed by atoms with E-state index in [-0.39, 0.29) is 11.9 Å². The number of carbonyl (C=O) groups is 1. The summed E-state index contributed by atoms with van der Waals surface area (Å²) in [5.74, 6) is 0.773. The molecule has 0 bridgehead atoms. The lowest BCUT2D eigenvalue weighted by Gasteiger charge is -1.96. The highest BCUT2D eigenvalue weighted by atomic mass is 16.5. The number of carbonyl (C=O) groups excluding carboxylic acids is 1. The van der Waals surface area contributed by atoms with Crippen LogP contribution in [-0.4, -0.2) is 29.6 Å². The lowest BCUT2D eigenvalue weighted by atomic mass is 10.1. The maximum atomic E-state index is 11.6. The quantitative estimate of drug-likeness (QED) is 0.714. The van der Waals surface area contributed by atoms with E-state index in [0.29, 0.717) is 18.4 Å². The number of hydrogen-bond acceptors (Lipinski definition) is 4. The number of esters is 1. The second-order valence-corrected chi connectivity index (χ2v) is 4.59. The van der Waals surface area contributed by atoms with Crippen LogP contribution in [0.3, 0.4) is 0 Å². The number of imidazole rings is 1. The Hall–Kier alpha value is -1.36. The van der Waals surface area contributed by atoms with Gasteiger partial charge in [-0.3, -0.25) is 4.79 Å².